The van der Waals surface area contributed by atoms with E-state index in [4.69, 9.17) is 5.11 Å². The standard InChI is InChI=1S/C24H27N3O3/c1-17(28)27-16-21-8-9-22(25-15-18-10-12-26(13-11-18)24(29)30)14-20(21)7-6-19-4-2-3-5-23(19)27/h2-9,14,18,25H,10-13,15-16H2,1H3,(H,29,30)/b7-6-. The van der Waals surface area contributed by atoms with Gasteiger partial charge in [-0.15, -0.1) is 0 Å². The van der Waals surface area contributed by atoms with Gasteiger partial charge in [0.2, 0.25) is 5.91 Å². The van der Waals surface area contributed by atoms with Crippen LogP contribution in [-0.4, -0.2) is 41.6 Å². The first kappa shape index (κ1) is 20.0. The first-order valence-electron chi connectivity index (χ1n) is 10.4. The lowest BCUT2D eigenvalue weighted by Gasteiger charge is -2.30. The zero-order chi connectivity index (χ0) is 21.1. The minimum atomic E-state index is -0.823. The van der Waals surface area contributed by atoms with Crippen LogP contribution in [0, 0.1) is 5.92 Å². The molecule has 0 radical (unpaired) electrons. The van der Waals surface area contributed by atoms with Gasteiger partial charge in [0.1, 0.15) is 0 Å². The van der Waals surface area contributed by atoms with E-state index >= 15 is 0 Å². The van der Waals surface area contributed by atoms with Crippen LogP contribution in [0.3, 0.4) is 0 Å². The third-order valence-electron chi connectivity index (χ3n) is 6.00. The van der Waals surface area contributed by atoms with Crippen LogP contribution in [0.4, 0.5) is 16.2 Å². The van der Waals surface area contributed by atoms with Gasteiger partial charge in [0.25, 0.3) is 0 Å². The number of rotatable bonds is 3. The smallest absolute Gasteiger partial charge is 0.407 e. The summed E-state index contributed by atoms with van der Waals surface area (Å²) in [5.41, 5.74) is 5.21. The molecule has 0 aliphatic carbocycles. The van der Waals surface area contributed by atoms with Gasteiger partial charge in [0.05, 0.1) is 12.2 Å². The van der Waals surface area contributed by atoms with Gasteiger partial charge in [-0.1, -0.05) is 36.4 Å². The molecule has 6 heteroatoms. The zero-order valence-electron chi connectivity index (χ0n) is 17.2. The first-order valence-corrected chi connectivity index (χ1v) is 10.4. The van der Waals surface area contributed by atoms with Crippen molar-refractivity contribution >= 4 is 35.5 Å². The Labute approximate surface area is 176 Å². The molecule has 2 aliphatic rings. The number of amides is 2. The SMILES string of the molecule is CC(=O)N1Cc2ccc(NCC3CCN(C(=O)O)CC3)cc2/C=C\c2ccccc21. The number of likely N-dealkylation sites (tertiary alicyclic amines) is 1. The van der Waals surface area contributed by atoms with Crippen molar-refractivity contribution in [2.75, 3.05) is 29.9 Å². The first-order chi connectivity index (χ1) is 14.5. The van der Waals surface area contributed by atoms with Gasteiger partial charge >= 0.3 is 6.09 Å². The molecule has 2 aromatic carbocycles. The lowest BCUT2D eigenvalue weighted by Crippen LogP contribution is -2.39. The lowest BCUT2D eigenvalue weighted by atomic mass is 9.96. The largest absolute Gasteiger partial charge is 0.465 e. The third-order valence-corrected chi connectivity index (χ3v) is 6.00. The van der Waals surface area contributed by atoms with Crippen molar-refractivity contribution in [3.63, 3.8) is 0 Å². The molecule has 2 heterocycles. The molecule has 1 fully saturated rings. The zero-order valence-corrected chi connectivity index (χ0v) is 17.2. The molecule has 0 spiro atoms. The molecule has 0 aromatic heterocycles. The molecule has 4 rings (SSSR count). The highest BCUT2D eigenvalue weighted by molar-refractivity contribution is 5.95. The summed E-state index contributed by atoms with van der Waals surface area (Å²) in [6.45, 7) is 4.19. The second-order valence-corrected chi connectivity index (χ2v) is 8.00. The van der Waals surface area contributed by atoms with Crippen LogP contribution in [-0.2, 0) is 11.3 Å². The molecule has 6 nitrogen and oxygen atoms in total. The molecule has 2 aliphatic heterocycles. The van der Waals surface area contributed by atoms with Crippen LogP contribution in [0.2, 0.25) is 0 Å². The van der Waals surface area contributed by atoms with Crippen molar-refractivity contribution in [1.29, 1.82) is 0 Å². The molecule has 0 bridgehead atoms. The Morgan fingerprint density at radius 3 is 2.53 bits per heavy atom. The number of piperidine rings is 1. The van der Waals surface area contributed by atoms with E-state index in [1.54, 1.807) is 6.92 Å². The molecule has 156 valence electrons. The number of para-hydroxylation sites is 1. The van der Waals surface area contributed by atoms with Crippen molar-refractivity contribution in [2.24, 2.45) is 5.92 Å². The van der Waals surface area contributed by atoms with Crippen LogP contribution < -0.4 is 10.2 Å². The van der Waals surface area contributed by atoms with Gasteiger partial charge in [0, 0.05) is 32.2 Å². The Bertz CT molecular complexity index is 977. The van der Waals surface area contributed by atoms with Gasteiger partial charge in [-0.05, 0) is 53.6 Å². The lowest BCUT2D eigenvalue weighted by molar-refractivity contribution is -0.116. The number of hydrogen-bond donors (Lipinski definition) is 2. The van der Waals surface area contributed by atoms with E-state index in [0.29, 0.717) is 25.6 Å². The fourth-order valence-electron chi connectivity index (χ4n) is 4.18. The number of anilines is 2. The van der Waals surface area contributed by atoms with Crippen LogP contribution in [0.1, 0.15) is 36.5 Å². The molecule has 0 atom stereocenters. The van der Waals surface area contributed by atoms with Crippen LogP contribution in [0.25, 0.3) is 12.2 Å². The molecule has 2 amide bonds. The van der Waals surface area contributed by atoms with Gasteiger partial charge < -0.3 is 20.2 Å². The van der Waals surface area contributed by atoms with Crippen LogP contribution in [0.5, 0.6) is 0 Å². The topological polar surface area (TPSA) is 72.9 Å². The second kappa shape index (κ2) is 8.61. The maximum Gasteiger partial charge on any atom is 0.407 e. The molecule has 1 saturated heterocycles. The number of nitrogens with one attached hydrogen (secondary N) is 1. The maximum atomic E-state index is 12.3. The highest BCUT2D eigenvalue weighted by atomic mass is 16.4. The fraction of sp³-hybridized carbons (Fsp3) is 0.333. The molecule has 0 saturated carbocycles. The van der Waals surface area contributed by atoms with Gasteiger partial charge in [0.15, 0.2) is 0 Å². The van der Waals surface area contributed by atoms with E-state index in [0.717, 1.165) is 47.5 Å². The summed E-state index contributed by atoms with van der Waals surface area (Å²) in [4.78, 5) is 26.7. The van der Waals surface area contributed by atoms with Crippen LogP contribution >= 0.6 is 0 Å². The molecular formula is C24H27N3O3. The summed E-state index contributed by atoms with van der Waals surface area (Å²) >= 11 is 0. The predicted octanol–water partition coefficient (Wildman–Crippen LogP) is 4.53. The third kappa shape index (κ3) is 4.32. The number of benzene rings is 2. The van der Waals surface area contributed by atoms with Crippen molar-refractivity contribution in [2.45, 2.75) is 26.3 Å². The van der Waals surface area contributed by atoms with Crippen LogP contribution in [0.15, 0.2) is 42.5 Å². The number of carbonyl (C=O) groups is 2. The van der Waals surface area contributed by atoms with Gasteiger partial charge in [-0.3, -0.25) is 4.79 Å². The second-order valence-electron chi connectivity index (χ2n) is 8.00. The minimum absolute atomic E-state index is 0.0265. The van der Waals surface area contributed by atoms with E-state index in [9.17, 15) is 9.59 Å². The highest BCUT2D eigenvalue weighted by Gasteiger charge is 2.22. The number of fused-ring (bicyclic) bond motifs is 2. The average molecular weight is 405 g/mol. The minimum Gasteiger partial charge on any atom is -0.465 e. The summed E-state index contributed by atoms with van der Waals surface area (Å²) in [6, 6.07) is 14.2. The summed E-state index contributed by atoms with van der Waals surface area (Å²) in [7, 11) is 0. The summed E-state index contributed by atoms with van der Waals surface area (Å²) in [6.07, 6.45) is 5.12. The van der Waals surface area contributed by atoms with E-state index < -0.39 is 6.09 Å². The number of hydrogen-bond acceptors (Lipinski definition) is 3. The fourth-order valence-corrected chi connectivity index (χ4v) is 4.18. The molecular weight excluding hydrogens is 378 g/mol. The van der Waals surface area contributed by atoms with Gasteiger partial charge in [-0.25, -0.2) is 4.79 Å². The summed E-state index contributed by atoms with van der Waals surface area (Å²) in [5.74, 6) is 0.497. The Morgan fingerprint density at radius 2 is 1.80 bits per heavy atom. The van der Waals surface area contributed by atoms with Crippen molar-refractivity contribution in [1.82, 2.24) is 4.90 Å². The van der Waals surface area contributed by atoms with Gasteiger partial charge in [-0.2, -0.15) is 0 Å². The molecule has 30 heavy (non-hydrogen) atoms. The van der Waals surface area contributed by atoms with Crippen molar-refractivity contribution in [3.05, 3.63) is 59.2 Å². The predicted molar refractivity (Wildman–Crippen MR) is 119 cm³/mol. The Morgan fingerprint density at radius 1 is 1.07 bits per heavy atom. The monoisotopic (exact) mass is 405 g/mol. The highest BCUT2D eigenvalue weighted by Crippen LogP contribution is 2.30. The average Bonchev–Trinajstić information content (AvgIpc) is 2.74. The summed E-state index contributed by atoms with van der Waals surface area (Å²) in [5, 5.41) is 12.6. The van der Waals surface area contributed by atoms with E-state index in [1.165, 1.54) is 4.90 Å². The number of carboxylic acid groups (broad SMARTS) is 1. The van der Waals surface area contributed by atoms with Crippen molar-refractivity contribution < 1.29 is 14.7 Å². The Hall–Kier alpha value is -3.28. The van der Waals surface area contributed by atoms with E-state index in [2.05, 4.69) is 35.7 Å². The maximum absolute atomic E-state index is 12.3. The van der Waals surface area contributed by atoms with Crippen molar-refractivity contribution in [3.8, 4) is 0 Å². The number of carbonyl (C=O) groups excluding carboxylic acids is 1. The number of nitrogens with zero attached hydrogens (tertiary/aromatic N) is 2. The Kier molecular flexibility index (Phi) is 5.74. The molecule has 0 unspecified atom stereocenters. The normalized spacial score (nSPS) is 17.4. The molecule has 2 aromatic rings. The molecule has 2 N–H and O–H groups in total. The summed E-state index contributed by atoms with van der Waals surface area (Å²) < 4.78 is 0. The quantitative estimate of drug-likeness (QED) is 0.787. The Balaban J connectivity index is 1.49. The van der Waals surface area contributed by atoms with E-state index in [1.807, 2.05) is 29.2 Å². The van der Waals surface area contributed by atoms with E-state index in [-0.39, 0.29) is 5.91 Å².